The molecule has 0 amide bonds. The van der Waals surface area contributed by atoms with Crippen molar-refractivity contribution in [2.75, 3.05) is 6.61 Å². The maximum atomic E-state index is 7.19. The van der Waals surface area contributed by atoms with Crippen LogP contribution in [0, 0.1) is 0 Å². The zero-order chi connectivity index (χ0) is 30.3. The number of benzene rings is 4. The SMILES string of the molecule is CC(C)(C)[Si](C)(C)O[C@H]1[C@H](OCc2ccccc2)C=CO[C@@H]1COC(c1ccccc1)(c1ccccc1)c1ccccc1. The highest BCUT2D eigenvalue weighted by molar-refractivity contribution is 6.74. The van der Waals surface area contributed by atoms with Gasteiger partial charge in [-0.3, -0.25) is 0 Å². The van der Waals surface area contributed by atoms with Crippen molar-refractivity contribution in [2.45, 2.75) is 69.4 Å². The van der Waals surface area contributed by atoms with E-state index in [2.05, 4.69) is 119 Å². The molecular weight excluding hydrogens is 549 g/mol. The molecule has 1 aliphatic rings. The third-order valence-electron chi connectivity index (χ3n) is 8.74. The van der Waals surface area contributed by atoms with Crippen LogP contribution in [-0.4, -0.2) is 33.2 Å². The van der Waals surface area contributed by atoms with E-state index in [4.69, 9.17) is 18.6 Å². The molecule has 0 bridgehead atoms. The summed E-state index contributed by atoms with van der Waals surface area (Å²) < 4.78 is 27.2. The Morgan fingerprint density at radius 3 is 1.60 bits per heavy atom. The summed E-state index contributed by atoms with van der Waals surface area (Å²) in [6.45, 7) is 12.1. The highest BCUT2D eigenvalue weighted by atomic mass is 28.4. The summed E-state index contributed by atoms with van der Waals surface area (Å²) in [6, 6.07) is 41.6. The summed E-state index contributed by atoms with van der Waals surface area (Å²) in [7, 11) is -2.20. The van der Waals surface area contributed by atoms with Crippen LogP contribution in [0.15, 0.2) is 134 Å². The Morgan fingerprint density at radius 2 is 1.14 bits per heavy atom. The largest absolute Gasteiger partial charge is 0.493 e. The first-order chi connectivity index (χ1) is 20.7. The predicted molar refractivity (Wildman–Crippen MR) is 176 cm³/mol. The monoisotopic (exact) mass is 592 g/mol. The molecule has 4 aromatic rings. The average molecular weight is 593 g/mol. The van der Waals surface area contributed by atoms with Crippen LogP contribution in [0.4, 0.5) is 0 Å². The lowest BCUT2D eigenvalue weighted by atomic mass is 9.80. The molecule has 1 heterocycles. The number of hydrogen-bond donors (Lipinski definition) is 0. The van der Waals surface area contributed by atoms with Crippen molar-refractivity contribution in [3.63, 3.8) is 0 Å². The third kappa shape index (κ3) is 7.02. The molecule has 0 N–H and O–H groups in total. The van der Waals surface area contributed by atoms with Crippen LogP contribution < -0.4 is 0 Å². The van der Waals surface area contributed by atoms with E-state index < -0.39 is 13.9 Å². The highest BCUT2D eigenvalue weighted by Gasteiger charge is 2.46. The lowest BCUT2D eigenvalue weighted by Crippen LogP contribution is -2.54. The smallest absolute Gasteiger partial charge is 0.192 e. The fourth-order valence-electron chi connectivity index (χ4n) is 5.31. The molecule has 4 nitrogen and oxygen atoms in total. The Labute approximate surface area is 258 Å². The van der Waals surface area contributed by atoms with Crippen molar-refractivity contribution in [2.24, 2.45) is 0 Å². The molecule has 1 aliphatic heterocycles. The third-order valence-corrected chi connectivity index (χ3v) is 13.2. The molecule has 0 aromatic heterocycles. The summed E-state index contributed by atoms with van der Waals surface area (Å²) in [5.74, 6) is 0. The Balaban J connectivity index is 1.51. The molecule has 0 aliphatic carbocycles. The fourth-order valence-corrected chi connectivity index (χ4v) is 6.63. The maximum Gasteiger partial charge on any atom is 0.192 e. The van der Waals surface area contributed by atoms with Crippen LogP contribution in [0.2, 0.25) is 18.1 Å². The van der Waals surface area contributed by atoms with Gasteiger partial charge in [0.25, 0.3) is 0 Å². The van der Waals surface area contributed by atoms with Crippen LogP contribution in [0.1, 0.15) is 43.0 Å². The minimum atomic E-state index is -2.20. The second kappa shape index (κ2) is 13.4. The molecule has 0 unspecified atom stereocenters. The van der Waals surface area contributed by atoms with E-state index in [1.807, 2.05) is 42.5 Å². The van der Waals surface area contributed by atoms with Crippen molar-refractivity contribution >= 4 is 8.32 Å². The second-order valence-electron chi connectivity index (χ2n) is 12.7. The van der Waals surface area contributed by atoms with E-state index in [1.54, 1.807) is 6.26 Å². The van der Waals surface area contributed by atoms with Gasteiger partial charge in [-0.2, -0.15) is 0 Å². The molecule has 43 heavy (non-hydrogen) atoms. The van der Waals surface area contributed by atoms with Crippen LogP contribution >= 0.6 is 0 Å². The van der Waals surface area contributed by atoms with E-state index in [-0.39, 0.29) is 23.4 Å². The first-order valence-corrected chi connectivity index (χ1v) is 18.1. The average Bonchev–Trinajstić information content (AvgIpc) is 3.03. The summed E-state index contributed by atoms with van der Waals surface area (Å²) in [4.78, 5) is 0. The van der Waals surface area contributed by atoms with Gasteiger partial charge in [0.15, 0.2) is 8.32 Å². The molecule has 0 spiro atoms. The van der Waals surface area contributed by atoms with Gasteiger partial charge in [-0.15, -0.1) is 0 Å². The van der Waals surface area contributed by atoms with Crippen molar-refractivity contribution < 1.29 is 18.6 Å². The number of ether oxygens (including phenoxy) is 3. The lowest BCUT2D eigenvalue weighted by Gasteiger charge is -2.45. The first kappa shape index (κ1) is 31.0. The second-order valence-corrected chi connectivity index (χ2v) is 17.5. The van der Waals surface area contributed by atoms with Crippen molar-refractivity contribution in [3.05, 3.63) is 156 Å². The van der Waals surface area contributed by atoms with Gasteiger partial charge in [-0.05, 0) is 46.5 Å². The Hall–Kier alpha value is -3.48. The number of rotatable bonds is 11. The van der Waals surface area contributed by atoms with Gasteiger partial charge < -0.3 is 18.6 Å². The van der Waals surface area contributed by atoms with Crippen molar-refractivity contribution in [3.8, 4) is 0 Å². The van der Waals surface area contributed by atoms with Crippen LogP contribution in [0.25, 0.3) is 0 Å². The molecule has 5 rings (SSSR count). The van der Waals surface area contributed by atoms with Crippen LogP contribution in [0.5, 0.6) is 0 Å². The summed E-state index contributed by atoms with van der Waals surface area (Å²) in [5, 5.41) is 0.0193. The molecule has 224 valence electrons. The molecule has 0 saturated heterocycles. The molecule has 3 atom stereocenters. The fraction of sp³-hybridized carbons (Fsp3) is 0.316. The van der Waals surface area contributed by atoms with Gasteiger partial charge >= 0.3 is 0 Å². The predicted octanol–water partition coefficient (Wildman–Crippen LogP) is 8.88. The summed E-state index contributed by atoms with van der Waals surface area (Å²) in [5.41, 5.74) is 3.43. The molecule has 5 heteroatoms. The Kier molecular flexibility index (Phi) is 9.67. The van der Waals surface area contributed by atoms with E-state index in [0.717, 1.165) is 22.3 Å². The van der Waals surface area contributed by atoms with E-state index in [0.29, 0.717) is 13.2 Å². The molecule has 4 aromatic carbocycles. The zero-order valence-electron chi connectivity index (χ0n) is 26.0. The Morgan fingerprint density at radius 1 is 0.674 bits per heavy atom. The maximum absolute atomic E-state index is 7.19. The normalized spacial score (nSPS) is 19.1. The summed E-state index contributed by atoms with van der Waals surface area (Å²) >= 11 is 0. The molecule has 0 fully saturated rings. The summed E-state index contributed by atoms with van der Waals surface area (Å²) in [6.07, 6.45) is 2.74. The lowest BCUT2D eigenvalue weighted by molar-refractivity contribution is -0.125. The van der Waals surface area contributed by atoms with Gasteiger partial charge in [0.1, 0.15) is 23.9 Å². The van der Waals surface area contributed by atoms with E-state index >= 15 is 0 Å². The minimum Gasteiger partial charge on any atom is -0.493 e. The number of hydrogen-bond acceptors (Lipinski definition) is 4. The zero-order valence-corrected chi connectivity index (χ0v) is 27.0. The Bertz CT molecular complexity index is 1340. The quantitative estimate of drug-likeness (QED) is 0.129. The highest BCUT2D eigenvalue weighted by Crippen LogP contribution is 2.42. The van der Waals surface area contributed by atoms with Gasteiger partial charge in [-0.1, -0.05) is 142 Å². The van der Waals surface area contributed by atoms with Gasteiger partial charge in [0.05, 0.1) is 19.5 Å². The van der Waals surface area contributed by atoms with Gasteiger partial charge in [-0.25, -0.2) is 0 Å². The topological polar surface area (TPSA) is 36.9 Å². The minimum absolute atomic E-state index is 0.0193. The van der Waals surface area contributed by atoms with Gasteiger partial charge in [0.2, 0.25) is 0 Å². The van der Waals surface area contributed by atoms with Crippen LogP contribution in [-0.2, 0) is 30.8 Å². The van der Waals surface area contributed by atoms with Crippen molar-refractivity contribution in [1.82, 2.24) is 0 Å². The van der Waals surface area contributed by atoms with E-state index in [9.17, 15) is 0 Å². The molecular formula is C38H44O4Si. The standard InChI is InChI=1S/C38H44O4Si/c1-37(2,3)43(4,5)42-36-34(40-28-30-18-10-6-11-19-30)26-27-39-35(36)29-41-38(31-20-12-7-13-21-31,32-22-14-8-15-23-32)33-24-16-9-17-25-33/h6-27,34-36H,28-29H2,1-5H3/t34-,35-,36+/m1/s1. The first-order valence-electron chi connectivity index (χ1n) is 15.2. The molecule has 0 radical (unpaired) electrons. The molecule has 0 saturated carbocycles. The van der Waals surface area contributed by atoms with Crippen LogP contribution in [0.3, 0.4) is 0 Å². The van der Waals surface area contributed by atoms with Gasteiger partial charge in [0, 0.05) is 0 Å². The van der Waals surface area contributed by atoms with E-state index in [1.165, 1.54) is 0 Å². The van der Waals surface area contributed by atoms with Crippen molar-refractivity contribution in [1.29, 1.82) is 0 Å².